The van der Waals surface area contributed by atoms with Gasteiger partial charge in [0.25, 0.3) is 0 Å². The fourth-order valence-electron chi connectivity index (χ4n) is 8.86. The minimum atomic E-state index is 1.15. The van der Waals surface area contributed by atoms with E-state index in [2.05, 4.69) is 190 Å². The molecule has 52 heavy (non-hydrogen) atoms. The molecule has 0 saturated carbocycles. The predicted octanol–water partition coefficient (Wildman–Crippen LogP) is 13.3. The van der Waals surface area contributed by atoms with E-state index in [9.17, 15) is 0 Å². The highest BCUT2D eigenvalue weighted by Crippen LogP contribution is 2.44. The van der Waals surface area contributed by atoms with Gasteiger partial charge in [0.2, 0.25) is 0 Å². The molecule has 0 fully saturated rings. The lowest BCUT2D eigenvalue weighted by molar-refractivity contribution is 1.16. The first kappa shape index (κ1) is 28.1. The summed E-state index contributed by atoms with van der Waals surface area (Å²) in [6.45, 7) is 0. The van der Waals surface area contributed by atoms with Gasteiger partial charge in [-0.1, -0.05) is 109 Å². The number of aromatic nitrogens is 3. The third-order valence-corrected chi connectivity index (χ3v) is 12.2. The number of hydrogen-bond acceptors (Lipinski definition) is 1. The van der Waals surface area contributed by atoms with Crippen LogP contribution in [0.3, 0.4) is 0 Å². The van der Waals surface area contributed by atoms with Crippen molar-refractivity contribution < 1.29 is 0 Å². The Morgan fingerprint density at radius 3 is 1.60 bits per heavy atom. The monoisotopic (exact) mass is 679 g/mol. The molecule has 4 heterocycles. The minimum Gasteiger partial charge on any atom is -0.309 e. The highest BCUT2D eigenvalue weighted by Gasteiger charge is 2.22. The maximum absolute atomic E-state index is 2.51. The molecule has 0 N–H and O–H groups in total. The number of hydrogen-bond donors (Lipinski definition) is 0. The van der Waals surface area contributed by atoms with Crippen molar-refractivity contribution in [1.82, 2.24) is 13.7 Å². The van der Waals surface area contributed by atoms with Crippen LogP contribution in [0.2, 0.25) is 0 Å². The summed E-state index contributed by atoms with van der Waals surface area (Å²) in [5.74, 6) is 0. The molecule has 8 aromatic carbocycles. The highest BCUT2D eigenvalue weighted by atomic mass is 32.1. The van der Waals surface area contributed by atoms with Gasteiger partial charge in [-0.05, 0) is 66.7 Å². The molecule has 4 aromatic heterocycles. The van der Waals surface area contributed by atoms with Crippen LogP contribution < -0.4 is 0 Å². The van der Waals surface area contributed by atoms with E-state index in [1.54, 1.807) is 0 Å². The predicted molar refractivity (Wildman–Crippen MR) is 222 cm³/mol. The van der Waals surface area contributed by atoms with Crippen molar-refractivity contribution in [2.75, 3.05) is 0 Å². The fourth-order valence-corrected chi connectivity index (χ4v) is 10.0. The van der Waals surface area contributed by atoms with Crippen LogP contribution in [0.15, 0.2) is 176 Å². The Bertz CT molecular complexity index is 3410. The summed E-state index contributed by atoms with van der Waals surface area (Å²) in [5, 5.41) is 10.2. The Morgan fingerprint density at radius 2 is 0.808 bits per heavy atom. The second-order valence-electron chi connectivity index (χ2n) is 13.7. The Balaban J connectivity index is 1.20. The highest BCUT2D eigenvalue weighted by molar-refractivity contribution is 7.25. The van der Waals surface area contributed by atoms with Crippen LogP contribution >= 0.6 is 11.3 Å². The minimum absolute atomic E-state index is 1.15. The molecule has 0 aliphatic heterocycles. The number of thiophene rings is 1. The summed E-state index contributed by atoms with van der Waals surface area (Å²) in [6, 6.07) is 64.7. The van der Waals surface area contributed by atoms with Crippen molar-refractivity contribution in [3.05, 3.63) is 176 Å². The van der Waals surface area contributed by atoms with Gasteiger partial charge in [-0.3, -0.25) is 0 Å². The van der Waals surface area contributed by atoms with E-state index < -0.39 is 0 Å². The first-order valence-electron chi connectivity index (χ1n) is 17.8. The smallest absolute Gasteiger partial charge is 0.0641 e. The maximum atomic E-state index is 2.51. The van der Waals surface area contributed by atoms with Crippen LogP contribution in [-0.2, 0) is 0 Å². The lowest BCUT2D eigenvalue weighted by Gasteiger charge is -2.12. The molecular formula is C48H29N3S. The number of fused-ring (bicyclic) bond motifs is 13. The van der Waals surface area contributed by atoms with Crippen molar-refractivity contribution in [3.8, 4) is 17.1 Å². The van der Waals surface area contributed by atoms with Gasteiger partial charge < -0.3 is 13.7 Å². The van der Waals surface area contributed by atoms with Gasteiger partial charge in [-0.2, -0.15) is 0 Å². The van der Waals surface area contributed by atoms with Crippen molar-refractivity contribution in [1.29, 1.82) is 0 Å². The summed E-state index contributed by atoms with van der Waals surface area (Å²) < 4.78 is 10.0. The molecule has 0 spiro atoms. The summed E-state index contributed by atoms with van der Waals surface area (Å²) in [6.07, 6.45) is 0. The summed E-state index contributed by atoms with van der Waals surface area (Å²) in [5.41, 5.74) is 10.8. The van der Waals surface area contributed by atoms with Gasteiger partial charge in [0.05, 0.1) is 33.1 Å². The average molecular weight is 680 g/mol. The Kier molecular flexibility index (Phi) is 5.65. The van der Waals surface area contributed by atoms with E-state index in [1.165, 1.54) is 91.3 Å². The maximum Gasteiger partial charge on any atom is 0.0641 e. The summed E-state index contributed by atoms with van der Waals surface area (Å²) >= 11 is 1.87. The van der Waals surface area contributed by atoms with Gasteiger partial charge >= 0.3 is 0 Å². The summed E-state index contributed by atoms with van der Waals surface area (Å²) in [4.78, 5) is 0. The molecule has 0 aliphatic rings. The number of nitrogens with zero attached hydrogens (tertiary/aromatic N) is 3. The van der Waals surface area contributed by atoms with E-state index in [1.807, 2.05) is 11.3 Å². The molecular weight excluding hydrogens is 651 g/mol. The average Bonchev–Trinajstić information content (AvgIpc) is 3.94. The second-order valence-corrected chi connectivity index (χ2v) is 14.8. The van der Waals surface area contributed by atoms with Gasteiger partial charge in [0.15, 0.2) is 0 Å². The molecule has 3 nitrogen and oxygen atoms in total. The molecule has 0 atom stereocenters. The molecule has 0 aliphatic carbocycles. The molecule has 0 bridgehead atoms. The van der Waals surface area contributed by atoms with E-state index in [-0.39, 0.29) is 0 Å². The normalized spacial score (nSPS) is 12.2. The number of rotatable bonds is 3. The first-order valence-corrected chi connectivity index (χ1v) is 18.6. The Labute approximate surface area is 302 Å². The fraction of sp³-hybridized carbons (Fsp3) is 0. The van der Waals surface area contributed by atoms with E-state index in [0.29, 0.717) is 0 Å². The summed E-state index contributed by atoms with van der Waals surface area (Å²) in [7, 11) is 0. The quantitative estimate of drug-likeness (QED) is 0.177. The van der Waals surface area contributed by atoms with E-state index in [0.717, 1.165) is 11.4 Å². The SMILES string of the molecule is c1ccc(-n2c3ccccc3c3ccc(-n4c5ccccc5c5ccc6c(c7ccccc7n6-c6ccc7c(c6)sc6ccccc67)c54)cc32)cc1. The standard InChI is InChI=1S/C48H29N3S/c1-2-12-30(13-3-1)49-40-18-8-4-14-33(40)35-24-22-31(28-44(35)49)51-41-19-9-5-15-34(41)38-26-27-43-47(48(38)51)39-17-6-10-20-42(39)50(43)32-23-25-37-36-16-7-11-21-45(36)52-46(37)29-32/h1-29H. The number of para-hydroxylation sites is 4. The van der Waals surface area contributed by atoms with Gasteiger partial charge in [0.1, 0.15) is 0 Å². The third-order valence-electron chi connectivity index (χ3n) is 11.0. The van der Waals surface area contributed by atoms with Crippen molar-refractivity contribution >= 4 is 96.9 Å². The molecule has 4 heteroatoms. The van der Waals surface area contributed by atoms with Crippen molar-refractivity contribution in [2.24, 2.45) is 0 Å². The Hall–Kier alpha value is -6.62. The zero-order valence-corrected chi connectivity index (χ0v) is 28.8. The Morgan fingerprint density at radius 1 is 0.288 bits per heavy atom. The van der Waals surface area contributed by atoms with Crippen LogP contribution in [0, 0.1) is 0 Å². The molecule has 12 rings (SSSR count). The van der Waals surface area contributed by atoms with E-state index >= 15 is 0 Å². The number of benzene rings is 8. The second kappa shape index (κ2) is 10.5. The molecule has 242 valence electrons. The molecule has 0 amide bonds. The van der Waals surface area contributed by atoms with Crippen LogP contribution in [0.25, 0.3) is 103 Å². The van der Waals surface area contributed by atoms with Crippen LogP contribution in [0.4, 0.5) is 0 Å². The lowest BCUT2D eigenvalue weighted by Crippen LogP contribution is -1.97. The van der Waals surface area contributed by atoms with Crippen LogP contribution in [0.5, 0.6) is 0 Å². The van der Waals surface area contributed by atoms with E-state index in [4.69, 9.17) is 0 Å². The largest absolute Gasteiger partial charge is 0.309 e. The van der Waals surface area contributed by atoms with Crippen LogP contribution in [0.1, 0.15) is 0 Å². The zero-order chi connectivity index (χ0) is 33.9. The zero-order valence-electron chi connectivity index (χ0n) is 28.0. The van der Waals surface area contributed by atoms with Gasteiger partial charge in [-0.15, -0.1) is 11.3 Å². The molecule has 12 aromatic rings. The molecule has 0 saturated heterocycles. The van der Waals surface area contributed by atoms with Crippen LogP contribution in [-0.4, -0.2) is 13.7 Å². The first-order chi connectivity index (χ1) is 25.8. The van der Waals surface area contributed by atoms with Gasteiger partial charge in [0, 0.05) is 69.6 Å². The molecule has 0 radical (unpaired) electrons. The van der Waals surface area contributed by atoms with Crippen molar-refractivity contribution in [2.45, 2.75) is 0 Å². The third kappa shape index (κ3) is 3.74. The lowest BCUT2D eigenvalue weighted by atomic mass is 10.1. The van der Waals surface area contributed by atoms with Crippen molar-refractivity contribution in [3.63, 3.8) is 0 Å². The topological polar surface area (TPSA) is 14.8 Å². The van der Waals surface area contributed by atoms with Gasteiger partial charge in [-0.25, -0.2) is 0 Å². The molecule has 0 unspecified atom stereocenters.